The molecule has 0 aliphatic carbocycles. The zero-order valence-corrected chi connectivity index (χ0v) is 27.0. The van der Waals surface area contributed by atoms with Crippen molar-refractivity contribution in [2.75, 3.05) is 45.8 Å². The number of aromatic nitrogens is 3. The molecule has 0 saturated carbocycles. The Labute approximate surface area is 276 Å². The van der Waals surface area contributed by atoms with Crippen LogP contribution in [0.1, 0.15) is 35.3 Å². The molecule has 0 atom stereocenters. The molecule has 1 aliphatic rings. The van der Waals surface area contributed by atoms with Gasteiger partial charge in [-0.05, 0) is 93.4 Å². The summed E-state index contributed by atoms with van der Waals surface area (Å²) in [5.74, 6) is 0.716. The van der Waals surface area contributed by atoms with E-state index in [2.05, 4.69) is 20.3 Å². The number of hydrogen-bond donors (Lipinski definition) is 1. The summed E-state index contributed by atoms with van der Waals surface area (Å²) >= 11 is 0. The third-order valence-electron chi connectivity index (χ3n) is 8.13. The van der Waals surface area contributed by atoms with Gasteiger partial charge in [0, 0.05) is 42.0 Å². The smallest absolute Gasteiger partial charge is 0.276 e. The number of rotatable bonds is 12. The number of nitrogens with one attached hydrogen (secondary N) is 1. The fourth-order valence-electron chi connectivity index (χ4n) is 5.61. The van der Waals surface area contributed by atoms with Crippen molar-refractivity contribution < 1.29 is 28.1 Å². The predicted molar refractivity (Wildman–Crippen MR) is 180 cm³/mol. The van der Waals surface area contributed by atoms with E-state index in [1.54, 1.807) is 62.7 Å². The van der Waals surface area contributed by atoms with E-state index in [9.17, 15) is 9.59 Å². The van der Waals surface area contributed by atoms with Crippen LogP contribution in [0.5, 0.6) is 28.7 Å². The summed E-state index contributed by atoms with van der Waals surface area (Å²) in [7, 11) is 3.10. The van der Waals surface area contributed by atoms with Crippen LogP contribution in [0.4, 0.5) is 10.1 Å². The number of benzene rings is 3. The number of carbonyl (C=O) groups is 1. The van der Waals surface area contributed by atoms with Crippen molar-refractivity contribution in [1.29, 1.82) is 0 Å². The molecule has 6 rings (SSSR count). The summed E-state index contributed by atoms with van der Waals surface area (Å²) in [4.78, 5) is 32.7. The second-order valence-corrected chi connectivity index (χ2v) is 11.4. The molecule has 1 N–H and O–H groups in total. The van der Waals surface area contributed by atoms with Crippen LogP contribution in [0.3, 0.4) is 0 Å². The molecule has 11 nitrogen and oxygen atoms in total. The zero-order valence-electron chi connectivity index (χ0n) is 27.0. The van der Waals surface area contributed by atoms with E-state index >= 15 is 4.39 Å². The van der Waals surface area contributed by atoms with Crippen molar-refractivity contribution >= 4 is 22.5 Å². The molecule has 0 bridgehead atoms. The lowest BCUT2D eigenvalue weighted by molar-refractivity contribution is 0.102. The van der Waals surface area contributed by atoms with E-state index in [1.165, 1.54) is 38.2 Å². The van der Waals surface area contributed by atoms with E-state index in [0.717, 1.165) is 36.8 Å². The Bertz CT molecular complexity index is 1990. The lowest BCUT2D eigenvalue weighted by Crippen LogP contribution is -2.26. The number of carbonyl (C=O) groups excluding carboxylic acids is 1. The van der Waals surface area contributed by atoms with E-state index in [1.807, 2.05) is 0 Å². The van der Waals surface area contributed by atoms with E-state index in [-0.39, 0.29) is 17.1 Å². The highest BCUT2D eigenvalue weighted by atomic mass is 19.1. The summed E-state index contributed by atoms with van der Waals surface area (Å²) in [5.41, 5.74) is 1.23. The van der Waals surface area contributed by atoms with Gasteiger partial charge in [-0.25, -0.2) is 4.39 Å². The topological polar surface area (TPSA) is 117 Å². The van der Waals surface area contributed by atoms with Crippen LogP contribution in [-0.2, 0) is 0 Å². The maximum Gasteiger partial charge on any atom is 0.276 e. The molecule has 1 aliphatic heterocycles. The SMILES string of the molecule is COc1ccc(-n2nc(C(=O)Nc3ccc(Oc4ccnc5cc(OCCCN6CCCC6)c(OC)cc45)c(F)c3)c(C)cc2=O)cc1. The Morgan fingerprint density at radius 2 is 1.71 bits per heavy atom. The van der Waals surface area contributed by atoms with Crippen molar-refractivity contribution in [1.82, 2.24) is 19.7 Å². The number of hydrogen-bond acceptors (Lipinski definition) is 9. The molecule has 0 radical (unpaired) electrons. The summed E-state index contributed by atoms with van der Waals surface area (Å²) in [6.45, 7) is 5.44. The number of nitrogens with zero attached hydrogens (tertiary/aromatic N) is 4. The van der Waals surface area contributed by atoms with Crippen molar-refractivity contribution in [2.24, 2.45) is 0 Å². The van der Waals surface area contributed by atoms with Crippen molar-refractivity contribution in [3.8, 4) is 34.4 Å². The van der Waals surface area contributed by atoms with Gasteiger partial charge in [-0.1, -0.05) is 0 Å². The summed E-state index contributed by atoms with van der Waals surface area (Å²) in [6.07, 6.45) is 4.99. The first-order valence-corrected chi connectivity index (χ1v) is 15.7. The highest BCUT2D eigenvalue weighted by Gasteiger charge is 2.18. The highest BCUT2D eigenvalue weighted by Crippen LogP contribution is 2.38. The van der Waals surface area contributed by atoms with Gasteiger partial charge < -0.3 is 29.2 Å². The minimum atomic E-state index is -0.699. The largest absolute Gasteiger partial charge is 0.497 e. The van der Waals surface area contributed by atoms with Crippen LogP contribution in [0.25, 0.3) is 16.6 Å². The van der Waals surface area contributed by atoms with Gasteiger partial charge in [0.1, 0.15) is 11.5 Å². The second-order valence-electron chi connectivity index (χ2n) is 11.4. The summed E-state index contributed by atoms with van der Waals surface area (Å²) in [6, 6.07) is 17.3. The first-order valence-electron chi connectivity index (χ1n) is 15.7. The molecule has 3 aromatic carbocycles. The fourth-order valence-corrected chi connectivity index (χ4v) is 5.61. The summed E-state index contributed by atoms with van der Waals surface area (Å²) < 4.78 is 39.3. The molecule has 12 heteroatoms. The zero-order chi connectivity index (χ0) is 33.6. The number of fused-ring (bicyclic) bond motifs is 1. The Hall–Kier alpha value is -5.49. The maximum atomic E-state index is 15.4. The Balaban J connectivity index is 1.16. The van der Waals surface area contributed by atoms with Gasteiger partial charge in [-0.2, -0.15) is 9.78 Å². The van der Waals surface area contributed by atoms with Crippen molar-refractivity contribution in [3.63, 3.8) is 0 Å². The molecule has 0 unspecified atom stereocenters. The third-order valence-corrected chi connectivity index (χ3v) is 8.13. The van der Waals surface area contributed by atoms with Crippen LogP contribution in [-0.4, -0.2) is 66.0 Å². The number of pyridine rings is 1. The molecular formula is C36H36FN5O6. The van der Waals surface area contributed by atoms with Crippen LogP contribution >= 0.6 is 0 Å². The Morgan fingerprint density at radius 3 is 2.44 bits per heavy atom. The van der Waals surface area contributed by atoms with Crippen LogP contribution in [0.15, 0.2) is 77.7 Å². The lowest BCUT2D eigenvalue weighted by atomic mass is 10.1. The first kappa shape index (κ1) is 32.5. The van der Waals surface area contributed by atoms with E-state index < -0.39 is 17.3 Å². The standard InChI is InChI=1S/C36H36FN5O6/c1-23-19-34(43)42(25-8-10-26(45-2)11-9-25)40-35(23)36(44)39-24-7-12-31(28(37)20-24)48-30-13-14-38-29-22-33(32(46-3)21-27(29)30)47-18-6-17-41-15-4-5-16-41/h7-14,19-22H,4-6,15-18H2,1-3H3,(H,39,44). The van der Waals surface area contributed by atoms with Crippen molar-refractivity contribution in [3.05, 3.63) is 100 Å². The second kappa shape index (κ2) is 14.5. The van der Waals surface area contributed by atoms with Crippen LogP contribution in [0, 0.1) is 12.7 Å². The lowest BCUT2D eigenvalue weighted by Gasteiger charge is -2.16. The van der Waals surface area contributed by atoms with Crippen LogP contribution < -0.4 is 29.8 Å². The van der Waals surface area contributed by atoms with Gasteiger partial charge in [-0.3, -0.25) is 14.6 Å². The number of aryl methyl sites for hydroxylation is 1. The number of anilines is 1. The quantitative estimate of drug-likeness (QED) is 0.158. The Kier molecular flexibility index (Phi) is 9.81. The first-order chi connectivity index (χ1) is 23.3. The highest BCUT2D eigenvalue weighted by molar-refractivity contribution is 6.03. The minimum absolute atomic E-state index is 0.0123. The monoisotopic (exact) mass is 653 g/mol. The summed E-state index contributed by atoms with van der Waals surface area (Å²) in [5, 5.41) is 7.56. The van der Waals surface area contributed by atoms with Gasteiger partial charge in [0.05, 0.1) is 32.0 Å². The fraction of sp³-hybridized carbons (Fsp3) is 0.278. The van der Waals surface area contributed by atoms with Gasteiger partial charge in [0.2, 0.25) is 0 Å². The molecular weight excluding hydrogens is 617 g/mol. The number of ether oxygens (including phenoxy) is 4. The van der Waals surface area contributed by atoms with Crippen molar-refractivity contribution in [2.45, 2.75) is 26.2 Å². The van der Waals surface area contributed by atoms with E-state index in [4.69, 9.17) is 18.9 Å². The van der Waals surface area contributed by atoms with E-state index in [0.29, 0.717) is 51.8 Å². The molecule has 1 saturated heterocycles. The molecule has 1 fully saturated rings. The number of likely N-dealkylation sites (tertiary alicyclic amines) is 1. The minimum Gasteiger partial charge on any atom is -0.497 e. The number of methoxy groups -OCH3 is 2. The van der Waals surface area contributed by atoms with Gasteiger partial charge in [-0.15, -0.1) is 0 Å². The average Bonchev–Trinajstić information content (AvgIpc) is 3.61. The molecule has 3 heterocycles. The molecule has 0 spiro atoms. The Morgan fingerprint density at radius 1 is 0.917 bits per heavy atom. The maximum absolute atomic E-state index is 15.4. The third kappa shape index (κ3) is 7.23. The number of amides is 1. The molecule has 5 aromatic rings. The predicted octanol–water partition coefficient (Wildman–Crippen LogP) is 6.15. The molecule has 48 heavy (non-hydrogen) atoms. The normalized spacial score (nSPS) is 13.0. The molecule has 248 valence electrons. The van der Waals surface area contributed by atoms with Gasteiger partial charge >= 0.3 is 0 Å². The van der Waals surface area contributed by atoms with Crippen LogP contribution in [0.2, 0.25) is 0 Å². The van der Waals surface area contributed by atoms with Gasteiger partial charge in [0.25, 0.3) is 11.5 Å². The van der Waals surface area contributed by atoms with Gasteiger partial charge in [0.15, 0.2) is 28.8 Å². The molecule has 2 aromatic heterocycles. The number of halogens is 1. The molecule has 1 amide bonds. The average molecular weight is 654 g/mol.